The van der Waals surface area contributed by atoms with Crippen molar-refractivity contribution in [2.45, 2.75) is 24.5 Å². The molecule has 0 bridgehead atoms. The van der Waals surface area contributed by atoms with Crippen molar-refractivity contribution in [3.05, 3.63) is 64.4 Å². The van der Waals surface area contributed by atoms with E-state index in [0.717, 1.165) is 6.07 Å². The van der Waals surface area contributed by atoms with Crippen LogP contribution in [0.5, 0.6) is 5.75 Å². The van der Waals surface area contributed by atoms with Crippen molar-refractivity contribution in [1.29, 1.82) is 0 Å². The third-order valence-corrected chi connectivity index (χ3v) is 8.06. The largest absolute Gasteiger partial charge is 0.508 e. The average Bonchev–Trinajstić information content (AvgIpc) is 2.92. The van der Waals surface area contributed by atoms with Crippen molar-refractivity contribution in [2.24, 2.45) is 17.6 Å². The maximum atomic E-state index is 15.4. The summed E-state index contributed by atoms with van der Waals surface area (Å²) < 4.78 is 15.4. The van der Waals surface area contributed by atoms with Gasteiger partial charge in [-0.25, -0.2) is 4.39 Å². The lowest BCUT2D eigenvalue weighted by Gasteiger charge is -2.50. The number of primary amides is 1. The number of nitrogens with one attached hydrogen (secondary N) is 2. The van der Waals surface area contributed by atoms with Gasteiger partial charge in [-0.2, -0.15) is 0 Å². The standard InChI is InChI=1S/C28H28FN5O8/c1-34(2)21-14-7-11-6-13-15(29)8-16(33-17(35)10-32-12-4-3-5-31-9-12)22(36)19(13)23(37)18(11)25(39)28(14,42)26(40)20(24(21)38)27(30)41/h3-5,8-9,11,14,21,32,36-37,40,42H,6-7,10H2,1-2H3,(H2,30,41)(H,33,35)/t11-,14-,21-,28-/m0/s1. The summed E-state index contributed by atoms with van der Waals surface area (Å²) in [6.45, 7) is -0.272. The van der Waals surface area contributed by atoms with E-state index in [4.69, 9.17) is 5.73 Å². The first-order valence-electron chi connectivity index (χ1n) is 12.9. The van der Waals surface area contributed by atoms with Crippen LogP contribution in [0.15, 0.2) is 47.5 Å². The van der Waals surface area contributed by atoms with E-state index in [1.54, 1.807) is 18.3 Å². The first kappa shape index (κ1) is 28.7. The summed E-state index contributed by atoms with van der Waals surface area (Å²) >= 11 is 0. The van der Waals surface area contributed by atoms with Crippen molar-refractivity contribution in [2.75, 3.05) is 31.3 Å². The Kier molecular flexibility index (Phi) is 6.99. The Morgan fingerprint density at radius 2 is 1.95 bits per heavy atom. The molecule has 0 aliphatic heterocycles. The highest BCUT2D eigenvalue weighted by Gasteiger charge is 2.64. The molecule has 1 saturated carbocycles. The minimum absolute atomic E-state index is 0.149. The SMILES string of the molecule is CN(C)[C@@H]1C(=O)C(C(N)=O)=C(O)[C@@]2(O)C(=O)C3=C(O)c4c(O)c(NC(=O)CNc5cccnc5)cc(F)c4C[C@H]3C[C@@H]12. The molecule has 0 radical (unpaired) electrons. The van der Waals surface area contributed by atoms with Gasteiger partial charge in [0.25, 0.3) is 5.91 Å². The van der Waals surface area contributed by atoms with Gasteiger partial charge in [-0.05, 0) is 45.0 Å². The second-order valence-corrected chi connectivity index (χ2v) is 10.7. The van der Waals surface area contributed by atoms with E-state index < -0.39 is 86.7 Å². The minimum atomic E-state index is -2.82. The molecule has 1 aromatic carbocycles. The van der Waals surface area contributed by atoms with Gasteiger partial charge in [0.15, 0.2) is 17.1 Å². The number of ketones is 2. The molecule has 0 unspecified atom stereocenters. The molecule has 5 rings (SSSR count). The van der Waals surface area contributed by atoms with Gasteiger partial charge >= 0.3 is 0 Å². The number of aliphatic hydroxyl groups is 3. The third kappa shape index (κ3) is 4.26. The highest BCUT2D eigenvalue weighted by Crippen LogP contribution is 2.53. The molecule has 2 amide bonds. The highest BCUT2D eigenvalue weighted by molar-refractivity contribution is 6.24. The number of nitrogens with zero attached hydrogens (tertiary/aromatic N) is 2. The second kappa shape index (κ2) is 10.2. The number of pyridine rings is 1. The van der Waals surface area contributed by atoms with Crippen molar-refractivity contribution in [3.8, 4) is 5.75 Å². The maximum absolute atomic E-state index is 15.4. The number of anilines is 2. The molecule has 3 aliphatic rings. The number of fused-ring (bicyclic) bond motifs is 3. The summed E-state index contributed by atoms with van der Waals surface area (Å²) in [6, 6.07) is 2.95. The summed E-state index contributed by atoms with van der Waals surface area (Å²) in [5, 5.41) is 49.9. The smallest absolute Gasteiger partial charge is 0.255 e. The van der Waals surface area contributed by atoms with Gasteiger partial charge in [0.2, 0.25) is 11.7 Å². The summed E-state index contributed by atoms with van der Waals surface area (Å²) in [4.78, 5) is 56.9. The Morgan fingerprint density at radius 3 is 2.57 bits per heavy atom. The molecule has 0 spiro atoms. The molecule has 1 fully saturated rings. The zero-order valence-electron chi connectivity index (χ0n) is 22.5. The lowest BCUT2D eigenvalue weighted by molar-refractivity contribution is -0.153. The molecule has 220 valence electrons. The number of aromatic hydroxyl groups is 1. The molecular formula is C28H28FN5O8. The van der Waals surface area contributed by atoms with Gasteiger partial charge in [0, 0.05) is 35.5 Å². The Hall–Kier alpha value is -4.82. The first-order chi connectivity index (χ1) is 19.8. The fourth-order valence-electron chi connectivity index (χ4n) is 6.21. The van der Waals surface area contributed by atoms with E-state index in [2.05, 4.69) is 15.6 Å². The minimum Gasteiger partial charge on any atom is -0.508 e. The predicted octanol–water partition coefficient (Wildman–Crippen LogP) is 0.549. The van der Waals surface area contributed by atoms with Crippen molar-refractivity contribution >= 4 is 40.5 Å². The molecule has 3 aliphatic carbocycles. The number of likely N-dealkylation sites (N-methyl/N-ethyl adjacent to an activating group) is 1. The van der Waals surface area contributed by atoms with Crippen molar-refractivity contribution in [3.63, 3.8) is 0 Å². The van der Waals surface area contributed by atoms with Crippen LogP contribution in [-0.2, 0) is 25.6 Å². The number of nitrogens with two attached hydrogens (primary N) is 1. The van der Waals surface area contributed by atoms with Crippen LogP contribution >= 0.6 is 0 Å². The van der Waals surface area contributed by atoms with Gasteiger partial charge in [-0.3, -0.25) is 29.1 Å². The Balaban J connectivity index is 1.55. The molecule has 42 heavy (non-hydrogen) atoms. The van der Waals surface area contributed by atoms with Gasteiger partial charge in [0.1, 0.15) is 22.9 Å². The molecular weight excluding hydrogens is 553 g/mol. The zero-order chi connectivity index (χ0) is 30.7. The van der Waals surface area contributed by atoms with E-state index in [1.165, 1.54) is 25.2 Å². The van der Waals surface area contributed by atoms with Gasteiger partial charge in [0.05, 0.1) is 29.5 Å². The summed E-state index contributed by atoms with van der Waals surface area (Å²) in [5.41, 5.74) is 0.656. The van der Waals surface area contributed by atoms with Crippen LogP contribution in [0.4, 0.5) is 15.8 Å². The number of rotatable bonds is 6. The predicted molar refractivity (Wildman–Crippen MR) is 146 cm³/mol. The highest BCUT2D eigenvalue weighted by atomic mass is 19.1. The number of aromatic nitrogens is 1. The molecule has 1 heterocycles. The van der Waals surface area contributed by atoms with Gasteiger partial charge < -0.3 is 36.8 Å². The number of phenols is 1. The van der Waals surface area contributed by atoms with E-state index in [0.29, 0.717) is 5.69 Å². The number of halogens is 1. The number of carbonyl (C=O) groups is 4. The number of amides is 2. The number of hydrogen-bond donors (Lipinski definition) is 7. The molecule has 14 heteroatoms. The summed E-state index contributed by atoms with van der Waals surface area (Å²) in [5.74, 6) is -10.0. The number of carbonyl (C=O) groups excluding carboxylic acids is 4. The van der Waals surface area contributed by atoms with Crippen LogP contribution in [0.25, 0.3) is 5.76 Å². The Morgan fingerprint density at radius 1 is 1.24 bits per heavy atom. The van der Waals surface area contributed by atoms with Crippen LogP contribution in [0.1, 0.15) is 17.5 Å². The fraction of sp³-hybridized carbons (Fsp3) is 0.321. The van der Waals surface area contributed by atoms with E-state index in [1.807, 2.05) is 0 Å². The van der Waals surface area contributed by atoms with E-state index >= 15 is 4.39 Å². The summed E-state index contributed by atoms with van der Waals surface area (Å²) in [7, 11) is 2.96. The summed E-state index contributed by atoms with van der Waals surface area (Å²) in [6.07, 6.45) is 2.63. The van der Waals surface area contributed by atoms with E-state index in [-0.39, 0.29) is 30.6 Å². The number of aliphatic hydroxyl groups excluding tert-OH is 2. The normalized spacial score (nSPS) is 25.1. The van der Waals surface area contributed by atoms with Crippen LogP contribution in [0.3, 0.4) is 0 Å². The average molecular weight is 582 g/mol. The quantitative estimate of drug-likeness (QED) is 0.185. The maximum Gasteiger partial charge on any atom is 0.255 e. The van der Waals surface area contributed by atoms with Crippen LogP contribution in [-0.4, -0.2) is 86.0 Å². The van der Waals surface area contributed by atoms with Crippen LogP contribution in [0.2, 0.25) is 0 Å². The first-order valence-corrected chi connectivity index (χ1v) is 12.9. The van der Waals surface area contributed by atoms with Crippen molar-refractivity contribution < 1.29 is 44.0 Å². The molecule has 4 atom stereocenters. The zero-order valence-corrected chi connectivity index (χ0v) is 22.5. The third-order valence-electron chi connectivity index (χ3n) is 8.06. The van der Waals surface area contributed by atoms with Crippen LogP contribution < -0.4 is 16.4 Å². The monoisotopic (exact) mass is 581 g/mol. The van der Waals surface area contributed by atoms with Crippen LogP contribution in [0, 0.1) is 17.7 Å². The number of hydrogen-bond acceptors (Lipinski definition) is 11. The molecule has 8 N–H and O–H groups in total. The topological polar surface area (TPSA) is 215 Å². The lowest BCUT2D eigenvalue weighted by Crippen LogP contribution is -2.65. The molecule has 13 nitrogen and oxygen atoms in total. The Labute approximate surface area is 238 Å². The van der Waals surface area contributed by atoms with Crippen molar-refractivity contribution in [1.82, 2.24) is 9.88 Å². The Bertz CT molecular complexity index is 1600. The van der Waals surface area contributed by atoms with Gasteiger partial charge in [-0.15, -0.1) is 0 Å². The second-order valence-electron chi connectivity index (χ2n) is 10.7. The number of benzene rings is 1. The molecule has 2 aromatic rings. The van der Waals surface area contributed by atoms with E-state index in [9.17, 15) is 39.6 Å². The number of phenolic OH excluding ortho intramolecular Hbond substituents is 1. The lowest BCUT2D eigenvalue weighted by atomic mass is 9.57. The number of Topliss-reactive ketones (excluding diaryl/α,β-unsaturated/α-hetero) is 2. The molecule has 0 saturated heterocycles. The fourth-order valence-corrected chi connectivity index (χ4v) is 6.21. The molecule has 1 aromatic heterocycles. The van der Waals surface area contributed by atoms with Gasteiger partial charge in [-0.1, -0.05) is 0 Å².